The van der Waals surface area contributed by atoms with Gasteiger partial charge in [-0.3, -0.25) is 9.59 Å². The Morgan fingerprint density at radius 3 is 2.45 bits per heavy atom. The van der Waals surface area contributed by atoms with Crippen LogP contribution in [0.1, 0.15) is 68.1 Å². The average molecular weight is 530 g/mol. The van der Waals surface area contributed by atoms with E-state index in [1.165, 1.54) is 19.2 Å². The third-order valence-corrected chi connectivity index (χ3v) is 7.38. The number of benzene rings is 1. The minimum atomic E-state index is -2.94. The summed E-state index contributed by atoms with van der Waals surface area (Å²) in [7, 11) is 1.40. The Balaban J connectivity index is 1.50. The van der Waals surface area contributed by atoms with Gasteiger partial charge in [-0.1, -0.05) is 18.2 Å². The van der Waals surface area contributed by atoms with Gasteiger partial charge in [-0.2, -0.15) is 0 Å². The van der Waals surface area contributed by atoms with Crippen molar-refractivity contribution in [3.8, 4) is 5.75 Å². The van der Waals surface area contributed by atoms with Gasteiger partial charge < -0.3 is 19.5 Å². The van der Waals surface area contributed by atoms with Gasteiger partial charge in [0.05, 0.1) is 24.1 Å². The van der Waals surface area contributed by atoms with Gasteiger partial charge >= 0.3 is 0 Å². The number of alkyl halides is 2. The summed E-state index contributed by atoms with van der Waals surface area (Å²) in [6.45, 7) is 4.44. The van der Waals surface area contributed by atoms with Crippen molar-refractivity contribution in [1.29, 1.82) is 0 Å². The molecule has 5 rings (SSSR count). The molecule has 11 heteroatoms. The van der Waals surface area contributed by atoms with E-state index in [2.05, 4.69) is 15.3 Å². The normalized spacial score (nSPS) is 17.2. The van der Waals surface area contributed by atoms with E-state index in [4.69, 9.17) is 4.74 Å². The van der Waals surface area contributed by atoms with Crippen LogP contribution in [0.2, 0.25) is 0 Å². The monoisotopic (exact) mass is 529 g/mol. The number of nitrogens with one attached hydrogen (secondary N) is 1. The van der Waals surface area contributed by atoms with E-state index >= 15 is 0 Å². The second-order valence-electron chi connectivity index (χ2n) is 10.0. The Bertz CT molecular complexity index is 1430. The molecule has 38 heavy (non-hydrogen) atoms. The van der Waals surface area contributed by atoms with Crippen LogP contribution < -0.4 is 15.6 Å². The van der Waals surface area contributed by atoms with Crippen molar-refractivity contribution in [2.24, 2.45) is 5.92 Å². The maximum absolute atomic E-state index is 14.8. The first-order valence-electron chi connectivity index (χ1n) is 12.8. The maximum atomic E-state index is 14.8. The number of methoxy groups -OCH3 is 1. The molecular formula is C27H30F3N5O3. The molecule has 0 unspecified atom stereocenters. The number of hydrogen-bond donors (Lipinski definition) is 1. The molecular weight excluding hydrogens is 499 g/mol. The lowest BCUT2D eigenvalue weighted by atomic mass is 10.0. The number of anilines is 1. The number of ether oxygens (including phenoxy) is 1. The molecule has 3 heterocycles. The number of aryl methyl sites for hydroxylation is 1. The van der Waals surface area contributed by atoms with E-state index < -0.39 is 23.8 Å². The first kappa shape index (κ1) is 26.0. The predicted molar refractivity (Wildman–Crippen MR) is 136 cm³/mol. The van der Waals surface area contributed by atoms with E-state index in [-0.39, 0.29) is 34.7 Å². The van der Waals surface area contributed by atoms with Crippen LogP contribution in [-0.4, -0.2) is 45.5 Å². The number of hydrogen-bond acceptors (Lipinski definition) is 6. The Kier molecular flexibility index (Phi) is 7.02. The minimum absolute atomic E-state index is 0.0612. The van der Waals surface area contributed by atoms with E-state index in [1.54, 1.807) is 24.6 Å². The number of carbonyl (C=O) groups excluding carboxylic acids is 1. The van der Waals surface area contributed by atoms with Crippen LogP contribution in [-0.2, 0) is 4.79 Å². The van der Waals surface area contributed by atoms with E-state index in [0.717, 1.165) is 18.9 Å². The van der Waals surface area contributed by atoms with Gasteiger partial charge in [0, 0.05) is 36.8 Å². The van der Waals surface area contributed by atoms with Crippen LogP contribution in [0.5, 0.6) is 5.75 Å². The highest BCUT2D eigenvalue weighted by Crippen LogP contribution is 2.35. The van der Waals surface area contributed by atoms with Crippen molar-refractivity contribution in [2.75, 3.05) is 25.5 Å². The SMILES string of the molecule is COc1c(=O)n(C2CCN(C(=O)C3CC3)CC2)cc2c(N[C@H](C)c3cccc(C(F)F)c3F)nc(C)nc12. The summed E-state index contributed by atoms with van der Waals surface area (Å²) in [5.41, 5.74) is -0.624. The molecule has 0 bridgehead atoms. The van der Waals surface area contributed by atoms with Crippen molar-refractivity contribution in [3.05, 3.63) is 57.5 Å². The zero-order chi connectivity index (χ0) is 27.1. The molecule has 1 aromatic carbocycles. The molecule has 1 saturated heterocycles. The molecule has 2 fully saturated rings. The zero-order valence-corrected chi connectivity index (χ0v) is 21.5. The van der Waals surface area contributed by atoms with Crippen molar-refractivity contribution < 1.29 is 22.7 Å². The van der Waals surface area contributed by atoms with Gasteiger partial charge in [0.25, 0.3) is 12.0 Å². The second-order valence-corrected chi connectivity index (χ2v) is 10.0. The third kappa shape index (κ3) is 4.81. The summed E-state index contributed by atoms with van der Waals surface area (Å²) in [6, 6.07) is 3.03. The van der Waals surface area contributed by atoms with Crippen molar-refractivity contribution in [1.82, 2.24) is 19.4 Å². The summed E-state index contributed by atoms with van der Waals surface area (Å²) in [5, 5.41) is 3.62. The first-order valence-corrected chi connectivity index (χ1v) is 12.8. The van der Waals surface area contributed by atoms with Gasteiger partial charge in [-0.25, -0.2) is 23.1 Å². The molecule has 8 nitrogen and oxygen atoms in total. The van der Waals surface area contributed by atoms with Gasteiger partial charge in [-0.05, 0) is 39.5 Å². The molecule has 3 aromatic rings. The van der Waals surface area contributed by atoms with Crippen LogP contribution in [0.3, 0.4) is 0 Å². The molecule has 1 amide bonds. The zero-order valence-electron chi connectivity index (χ0n) is 21.5. The van der Waals surface area contributed by atoms with Crippen LogP contribution in [0.4, 0.5) is 19.0 Å². The second kappa shape index (κ2) is 10.3. The molecule has 0 radical (unpaired) electrons. The fraction of sp³-hybridized carbons (Fsp3) is 0.481. The lowest BCUT2D eigenvalue weighted by Gasteiger charge is -2.33. The smallest absolute Gasteiger partial charge is 0.295 e. The molecule has 2 aliphatic rings. The minimum Gasteiger partial charge on any atom is -0.490 e. The fourth-order valence-corrected chi connectivity index (χ4v) is 5.17. The number of halogens is 3. The van der Waals surface area contributed by atoms with Gasteiger partial charge in [0.1, 0.15) is 23.0 Å². The lowest BCUT2D eigenvalue weighted by Crippen LogP contribution is -2.41. The Morgan fingerprint density at radius 2 is 1.82 bits per heavy atom. The van der Waals surface area contributed by atoms with Gasteiger partial charge in [0.2, 0.25) is 11.7 Å². The highest BCUT2D eigenvalue weighted by atomic mass is 19.3. The quantitative estimate of drug-likeness (QED) is 0.467. The summed E-state index contributed by atoms with van der Waals surface area (Å²) in [4.78, 5) is 36.7. The van der Waals surface area contributed by atoms with E-state index in [0.29, 0.717) is 48.5 Å². The number of rotatable bonds is 7. The molecule has 202 valence electrons. The molecule has 1 saturated carbocycles. The summed E-state index contributed by atoms with van der Waals surface area (Å²) in [5.74, 6) is 0.119. The molecule has 0 spiro atoms. The Hall–Kier alpha value is -3.63. The summed E-state index contributed by atoms with van der Waals surface area (Å²) >= 11 is 0. The van der Waals surface area contributed by atoms with E-state index in [9.17, 15) is 22.8 Å². The topological polar surface area (TPSA) is 89.4 Å². The Morgan fingerprint density at radius 1 is 1.13 bits per heavy atom. The number of pyridine rings is 1. The molecule has 1 aliphatic heterocycles. The number of nitrogens with zero attached hydrogens (tertiary/aromatic N) is 4. The van der Waals surface area contributed by atoms with E-state index in [1.807, 2.05) is 4.90 Å². The summed E-state index contributed by atoms with van der Waals surface area (Å²) in [6.07, 6.45) is 1.86. The van der Waals surface area contributed by atoms with Crippen molar-refractivity contribution in [2.45, 2.75) is 58.0 Å². The fourth-order valence-electron chi connectivity index (χ4n) is 5.17. The maximum Gasteiger partial charge on any atom is 0.295 e. The highest BCUT2D eigenvalue weighted by Gasteiger charge is 2.35. The van der Waals surface area contributed by atoms with Gasteiger partial charge in [-0.15, -0.1) is 0 Å². The number of fused-ring (bicyclic) bond motifs is 1. The molecule has 1 aliphatic carbocycles. The number of likely N-dealkylation sites (tertiary alicyclic amines) is 1. The number of carbonyl (C=O) groups is 1. The predicted octanol–water partition coefficient (Wildman–Crippen LogP) is 4.93. The van der Waals surface area contributed by atoms with Crippen molar-refractivity contribution in [3.63, 3.8) is 0 Å². The Labute approximate surface area is 217 Å². The van der Waals surface area contributed by atoms with Crippen LogP contribution in [0.25, 0.3) is 10.9 Å². The summed E-state index contributed by atoms with van der Waals surface area (Å²) < 4.78 is 48.5. The standard InChI is InChI=1S/C27H30F3N5O3/c1-14(18-5-4-6-19(21(18)28)24(29)30)31-25-20-13-35(27(37)23(38-3)22(20)32-15(2)33-25)17-9-11-34(12-10-17)26(36)16-7-8-16/h4-6,13-14,16-17,24H,7-12H2,1-3H3,(H,31,32,33)/t14-/m1/s1. The van der Waals surface area contributed by atoms with Crippen LogP contribution >= 0.6 is 0 Å². The van der Waals surface area contributed by atoms with Crippen LogP contribution in [0.15, 0.2) is 29.2 Å². The molecule has 1 N–H and O–H groups in total. The first-order chi connectivity index (χ1) is 18.2. The molecule has 2 aromatic heterocycles. The lowest BCUT2D eigenvalue weighted by molar-refractivity contribution is -0.133. The number of aromatic nitrogens is 3. The van der Waals surface area contributed by atoms with Crippen LogP contribution in [0, 0.1) is 18.7 Å². The number of amides is 1. The third-order valence-electron chi connectivity index (χ3n) is 7.38. The average Bonchev–Trinajstić information content (AvgIpc) is 3.74. The largest absolute Gasteiger partial charge is 0.490 e. The van der Waals surface area contributed by atoms with Gasteiger partial charge in [0.15, 0.2) is 0 Å². The van der Waals surface area contributed by atoms with Crippen molar-refractivity contribution >= 4 is 22.6 Å². The number of piperidine rings is 1. The molecule has 1 atom stereocenters. The highest BCUT2D eigenvalue weighted by molar-refractivity contribution is 5.92.